The maximum Gasteiger partial charge on any atom is 0.0992 e. The summed E-state index contributed by atoms with van der Waals surface area (Å²) in [5.74, 6) is 0. The lowest BCUT2D eigenvalue weighted by atomic mass is 9.95. The highest BCUT2D eigenvalue weighted by Gasteiger charge is 2.25. The number of hydrogen-bond acceptors (Lipinski definition) is 2. The molecule has 6 aromatic rings. The first-order valence-corrected chi connectivity index (χ1v) is 12.4. The highest BCUT2D eigenvalue weighted by Crippen LogP contribution is 2.42. The smallest absolute Gasteiger partial charge is 0.0992 e. The summed E-state index contributed by atoms with van der Waals surface area (Å²) in [5.41, 5.74) is 9.50. The average molecular weight is 463 g/mol. The molecule has 1 aliphatic carbocycles. The van der Waals surface area contributed by atoms with Gasteiger partial charge in [-0.05, 0) is 73.7 Å². The number of benzene rings is 4. The molecule has 0 N–H and O–H groups in total. The molecule has 4 heteroatoms. The average Bonchev–Trinajstić information content (AvgIpc) is 3.46. The monoisotopic (exact) mass is 462 g/mol. The zero-order valence-electron chi connectivity index (χ0n) is 19.7. The van der Waals surface area contributed by atoms with E-state index < -0.39 is 0 Å². The van der Waals surface area contributed by atoms with Gasteiger partial charge in [0.1, 0.15) is 0 Å². The molecule has 0 saturated heterocycles. The zero-order valence-corrected chi connectivity index (χ0v) is 19.7. The molecule has 0 atom stereocenters. The van der Waals surface area contributed by atoms with E-state index in [2.05, 4.69) is 69.8 Å². The fraction of sp³-hybridized carbons (Fsp3) is 0.125. The Morgan fingerprint density at radius 2 is 1.22 bits per heavy atom. The van der Waals surface area contributed by atoms with Crippen LogP contribution in [0.5, 0.6) is 0 Å². The van der Waals surface area contributed by atoms with Crippen LogP contribution in [0.4, 0.5) is 0 Å². The highest BCUT2D eigenvalue weighted by atomic mass is 15.1. The zero-order chi connectivity index (χ0) is 24.2. The van der Waals surface area contributed by atoms with Crippen LogP contribution >= 0.6 is 0 Å². The maximum absolute atomic E-state index is 9.63. The molecule has 0 aliphatic heterocycles. The fourth-order valence-corrected chi connectivity index (χ4v) is 6.05. The second-order valence-corrected chi connectivity index (χ2v) is 9.50. The van der Waals surface area contributed by atoms with Crippen LogP contribution in [-0.4, -0.2) is 9.13 Å². The molecule has 0 unspecified atom stereocenters. The van der Waals surface area contributed by atoms with E-state index in [1.54, 1.807) is 0 Å². The van der Waals surface area contributed by atoms with Crippen molar-refractivity contribution in [2.45, 2.75) is 25.7 Å². The molecule has 0 spiro atoms. The summed E-state index contributed by atoms with van der Waals surface area (Å²) in [6.45, 7) is 0. The van der Waals surface area contributed by atoms with Crippen LogP contribution in [0, 0.1) is 22.7 Å². The van der Waals surface area contributed by atoms with Crippen molar-refractivity contribution < 1.29 is 0 Å². The van der Waals surface area contributed by atoms with E-state index in [-0.39, 0.29) is 0 Å². The van der Waals surface area contributed by atoms with Gasteiger partial charge in [-0.1, -0.05) is 42.5 Å². The SMILES string of the molecule is N#Cc1cccc(-n2c3c(c4ccc5c6ccccc6n(-c6cccc(C#N)c6)c5c42)CCCC3)c1. The van der Waals surface area contributed by atoms with Crippen molar-refractivity contribution in [2.75, 3.05) is 0 Å². The van der Waals surface area contributed by atoms with Crippen molar-refractivity contribution >= 4 is 32.7 Å². The molecular formula is C32H22N4. The molecule has 0 saturated carbocycles. The van der Waals surface area contributed by atoms with Crippen molar-refractivity contribution in [1.82, 2.24) is 9.13 Å². The fourth-order valence-electron chi connectivity index (χ4n) is 6.05. The highest BCUT2D eigenvalue weighted by molar-refractivity contribution is 6.19. The van der Waals surface area contributed by atoms with E-state index >= 15 is 0 Å². The van der Waals surface area contributed by atoms with E-state index in [1.165, 1.54) is 39.4 Å². The van der Waals surface area contributed by atoms with Crippen molar-refractivity contribution in [1.29, 1.82) is 10.5 Å². The summed E-state index contributed by atoms with van der Waals surface area (Å²) in [4.78, 5) is 0. The van der Waals surface area contributed by atoms with Gasteiger partial charge < -0.3 is 9.13 Å². The number of nitrogens with zero attached hydrogens (tertiary/aromatic N) is 4. The number of para-hydroxylation sites is 1. The quantitative estimate of drug-likeness (QED) is 0.270. The van der Waals surface area contributed by atoms with Gasteiger partial charge in [0.15, 0.2) is 0 Å². The van der Waals surface area contributed by atoms with Crippen LogP contribution in [0.1, 0.15) is 35.2 Å². The number of rotatable bonds is 2. The minimum atomic E-state index is 0.641. The molecule has 0 fully saturated rings. The Hall–Kier alpha value is -4.80. The number of nitriles is 2. The number of aromatic nitrogens is 2. The summed E-state index contributed by atoms with van der Waals surface area (Å²) in [5, 5.41) is 22.9. The van der Waals surface area contributed by atoms with Gasteiger partial charge in [0.25, 0.3) is 0 Å². The number of aryl methyl sites for hydroxylation is 1. The van der Waals surface area contributed by atoms with E-state index in [0.29, 0.717) is 11.1 Å². The van der Waals surface area contributed by atoms with Crippen LogP contribution in [-0.2, 0) is 12.8 Å². The molecule has 0 amide bonds. The number of hydrogen-bond donors (Lipinski definition) is 0. The van der Waals surface area contributed by atoms with Gasteiger partial charge in [0, 0.05) is 33.2 Å². The van der Waals surface area contributed by atoms with Gasteiger partial charge in [-0.15, -0.1) is 0 Å². The molecule has 4 aromatic carbocycles. The second-order valence-electron chi connectivity index (χ2n) is 9.50. The van der Waals surface area contributed by atoms with Crippen LogP contribution in [0.2, 0.25) is 0 Å². The van der Waals surface area contributed by atoms with Crippen LogP contribution in [0.25, 0.3) is 44.1 Å². The Morgan fingerprint density at radius 3 is 1.97 bits per heavy atom. The minimum absolute atomic E-state index is 0.641. The Labute approximate surface area is 208 Å². The Kier molecular flexibility index (Phi) is 4.50. The first kappa shape index (κ1) is 20.6. The lowest BCUT2D eigenvalue weighted by Crippen LogP contribution is -2.07. The summed E-state index contributed by atoms with van der Waals surface area (Å²) in [7, 11) is 0. The van der Waals surface area contributed by atoms with Crippen molar-refractivity contribution in [3.05, 3.63) is 107 Å². The molecule has 4 nitrogen and oxygen atoms in total. The third kappa shape index (κ3) is 2.85. The Bertz CT molecular complexity index is 1920. The molecule has 2 heterocycles. The topological polar surface area (TPSA) is 57.4 Å². The van der Waals surface area contributed by atoms with E-state index in [0.717, 1.165) is 41.7 Å². The van der Waals surface area contributed by atoms with E-state index in [4.69, 9.17) is 0 Å². The first-order chi connectivity index (χ1) is 17.8. The maximum atomic E-state index is 9.63. The van der Waals surface area contributed by atoms with Crippen LogP contribution in [0.3, 0.4) is 0 Å². The number of fused-ring (bicyclic) bond motifs is 7. The van der Waals surface area contributed by atoms with Crippen LogP contribution < -0.4 is 0 Å². The molecule has 0 bridgehead atoms. The normalized spacial score (nSPS) is 13.1. The van der Waals surface area contributed by atoms with Gasteiger partial charge >= 0.3 is 0 Å². The summed E-state index contributed by atoms with van der Waals surface area (Å²) < 4.78 is 4.71. The Balaban J connectivity index is 1.72. The van der Waals surface area contributed by atoms with Gasteiger partial charge in [-0.3, -0.25) is 0 Å². The predicted molar refractivity (Wildman–Crippen MR) is 144 cm³/mol. The van der Waals surface area contributed by atoms with E-state index in [9.17, 15) is 10.5 Å². The minimum Gasteiger partial charge on any atom is -0.311 e. The van der Waals surface area contributed by atoms with Gasteiger partial charge in [-0.25, -0.2) is 0 Å². The second kappa shape index (κ2) is 7.87. The summed E-state index contributed by atoms with van der Waals surface area (Å²) in [6.07, 6.45) is 4.44. The lowest BCUT2D eigenvalue weighted by molar-refractivity contribution is 0.667. The molecule has 36 heavy (non-hydrogen) atoms. The lowest BCUT2D eigenvalue weighted by Gasteiger charge is -2.17. The van der Waals surface area contributed by atoms with Gasteiger partial charge in [0.05, 0.1) is 39.8 Å². The Morgan fingerprint density at radius 1 is 0.583 bits per heavy atom. The van der Waals surface area contributed by atoms with Crippen molar-refractivity contribution in [3.8, 4) is 23.5 Å². The van der Waals surface area contributed by atoms with Gasteiger partial charge in [0.2, 0.25) is 0 Å². The molecule has 0 radical (unpaired) electrons. The van der Waals surface area contributed by atoms with Crippen molar-refractivity contribution in [3.63, 3.8) is 0 Å². The first-order valence-electron chi connectivity index (χ1n) is 12.4. The molecule has 7 rings (SSSR count). The predicted octanol–water partition coefficient (Wildman–Crippen LogP) is 7.35. The standard InChI is InChI=1S/C32H22N4/c33-19-21-7-5-9-23(17-21)35-29-13-3-1-11-25(29)27-15-16-28-26-12-2-4-14-30(26)36(32(28)31(27)35)24-10-6-8-22(18-24)20-34/h1,3,5-11,13,15-18H,2,4,12,14H2. The van der Waals surface area contributed by atoms with E-state index in [1.807, 2.05) is 36.4 Å². The molecule has 2 aromatic heterocycles. The third-order valence-electron chi connectivity index (χ3n) is 7.53. The van der Waals surface area contributed by atoms with Crippen LogP contribution in [0.15, 0.2) is 84.9 Å². The third-order valence-corrected chi connectivity index (χ3v) is 7.53. The van der Waals surface area contributed by atoms with Gasteiger partial charge in [-0.2, -0.15) is 10.5 Å². The van der Waals surface area contributed by atoms with Crippen molar-refractivity contribution in [2.24, 2.45) is 0 Å². The molecular weight excluding hydrogens is 440 g/mol. The molecule has 170 valence electrons. The summed E-state index contributed by atoms with van der Waals surface area (Å²) >= 11 is 0. The summed E-state index contributed by atoms with van der Waals surface area (Å²) in [6, 6.07) is 33.4. The molecule has 1 aliphatic rings. The largest absolute Gasteiger partial charge is 0.311 e.